The second-order valence-electron chi connectivity index (χ2n) is 7.40. The van der Waals surface area contributed by atoms with Gasteiger partial charge in [-0.05, 0) is 57.5 Å². The smallest absolute Gasteiger partial charge is 0.263 e. The van der Waals surface area contributed by atoms with Crippen molar-refractivity contribution in [1.29, 1.82) is 0 Å². The molecule has 0 aliphatic heterocycles. The molecule has 32 heavy (non-hydrogen) atoms. The van der Waals surface area contributed by atoms with Gasteiger partial charge in [-0.1, -0.05) is 35.5 Å². The molecule has 7 nitrogen and oxygen atoms in total. The van der Waals surface area contributed by atoms with Gasteiger partial charge >= 0.3 is 0 Å². The lowest BCUT2D eigenvalue weighted by molar-refractivity contribution is 0.0943. The maximum atomic E-state index is 12.9. The number of thiazole rings is 1. The Hall–Kier alpha value is -3.52. The third-order valence-corrected chi connectivity index (χ3v) is 6.30. The van der Waals surface area contributed by atoms with E-state index in [2.05, 4.69) is 20.6 Å². The minimum atomic E-state index is -0.140. The lowest BCUT2D eigenvalue weighted by atomic mass is 10.1. The molecule has 4 rings (SSSR count). The van der Waals surface area contributed by atoms with Gasteiger partial charge in [0.15, 0.2) is 0 Å². The molecule has 0 spiro atoms. The number of hydrogen-bond donors (Lipinski definition) is 1. The summed E-state index contributed by atoms with van der Waals surface area (Å²) in [5, 5.41) is 12.4. The van der Waals surface area contributed by atoms with E-state index in [0.717, 1.165) is 22.7 Å². The Morgan fingerprint density at radius 2 is 1.84 bits per heavy atom. The molecule has 1 atom stereocenters. The van der Waals surface area contributed by atoms with Crippen LogP contribution in [0.15, 0.2) is 54.6 Å². The van der Waals surface area contributed by atoms with E-state index in [9.17, 15) is 4.79 Å². The average Bonchev–Trinajstić information content (AvgIpc) is 3.37. The number of carbonyl (C=O) groups excluding carboxylic acids is 1. The van der Waals surface area contributed by atoms with Crippen molar-refractivity contribution in [1.82, 2.24) is 25.3 Å². The van der Waals surface area contributed by atoms with Gasteiger partial charge in [0.25, 0.3) is 5.91 Å². The predicted molar refractivity (Wildman–Crippen MR) is 125 cm³/mol. The third kappa shape index (κ3) is 4.40. The first-order valence-corrected chi connectivity index (χ1v) is 11.3. The van der Waals surface area contributed by atoms with Gasteiger partial charge in [0.05, 0.1) is 29.7 Å². The van der Waals surface area contributed by atoms with E-state index in [0.29, 0.717) is 27.9 Å². The van der Waals surface area contributed by atoms with E-state index in [1.54, 1.807) is 4.68 Å². The van der Waals surface area contributed by atoms with Crippen molar-refractivity contribution in [2.24, 2.45) is 0 Å². The Kier molecular flexibility index (Phi) is 6.32. The molecule has 2 aromatic carbocycles. The second-order valence-corrected chi connectivity index (χ2v) is 8.40. The highest BCUT2D eigenvalue weighted by Crippen LogP contribution is 2.30. The maximum absolute atomic E-state index is 12.9. The van der Waals surface area contributed by atoms with Crippen LogP contribution >= 0.6 is 11.3 Å². The standard InChI is InChI=1S/C24H25N5O2S/c1-5-31-20-13-11-19(12-14-20)29-17(4)21(27-28-29)24-26-16(3)22(32-24)23(30)25-15(2)18-9-7-6-8-10-18/h6-15H,5H2,1-4H3,(H,25,30)/t15-/m1/s1. The van der Waals surface area contributed by atoms with Gasteiger partial charge in [-0.2, -0.15) is 0 Å². The number of nitrogens with one attached hydrogen (secondary N) is 1. The minimum absolute atomic E-state index is 0.101. The lowest BCUT2D eigenvalue weighted by Gasteiger charge is -2.13. The van der Waals surface area contributed by atoms with E-state index in [1.165, 1.54) is 11.3 Å². The van der Waals surface area contributed by atoms with Crippen molar-refractivity contribution in [3.63, 3.8) is 0 Å². The molecule has 0 bridgehead atoms. The van der Waals surface area contributed by atoms with Crippen LogP contribution in [0.1, 0.15) is 46.5 Å². The number of aromatic nitrogens is 4. The number of nitrogens with zero attached hydrogens (tertiary/aromatic N) is 4. The Bertz CT molecular complexity index is 1220. The number of aryl methyl sites for hydroxylation is 1. The molecular formula is C24H25N5O2S. The lowest BCUT2D eigenvalue weighted by Crippen LogP contribution is -2.26. The largest absolute Gasteiger partial charge is 0.494 e. The van der Waals surface area contributed by atoms with Crippen LogP contribution in [-0.2, 0) is 0 Å². The summed E-state index contributed by atoms with van der Waals surface area (Å²) >= 11 is 1.33. The number of hydrogen-bond acceptors (Lipinski definition) is 6. The van der Waals surface area contributed by atoms with Gasteiger partial charge in [-0.3, -0.25) is 4.79 Å². The Balaban J connectivity index is 1.55. The molecule has 1 N–H and O–H groups in total. The van der Waals surface area contributed by atoms with Crippen LogP contribution in [0.5, 0.6) is 5.75 Å². The number of ether oxygens (including phenoxy) is 1. The average molecular weight is 448 g/mol. The van der Waals surface area contributed by atoms with Crippen LogP contribution in [-0.4, -0.2) is 32.5 Å². The molecule has 0 fully saturated rings. The zero-order valence-corrected chi connectivity index (χ0v) is 19.3. The van der Waals surface area contributed by atoms with Crippen molar-refractivity contribution in [3.8, 4) is 22.1 Å². The second kappa shape index (κ2) is 9.32. The fraction of sp³-hybridized carbons (Fsp3) is 0.250. The van der Waals surface area contributed by atoms with Crippen LogP contribution in [0, 0.1) is 13.8 Å². The molecule has 164 valence electrons. The van der Waals surface area contributed by atoms with Crippen molar-refractivity contribution >= 4 is 17.2 Å². The molecule has 2 aromatic heterocycles. The van der Waals surface area contributed by atoms with Gasteiger partial charge in [-0.15, -0.1) is 16.4 Å². The zero-order chi connectivity index (χ0) is 22.7. The van der Waals surface area contributed by atoms with Gasteiger partial charge in [0.2, 0.25) is 0 Å². The van der Waals surface area contributed by atoms with E-state index >= 15 is 0 Å². The first-order chi connectivity index (χ1) is 15.5. The van der Waals surface area contributed by atoms with Gasteiger partial charge in [0.1, 0.15) is 21.3 Å². The van der Waals surface area contributed by atoms with Crippen molar-refractivity contribution in [3.05, 3.63) is 76.4 Å². The van der Waals surface area contributed by atoms with Crippen molar-refractivity contribution in [2.75, 3.05) is 6.61 Å². The molecule has 0 unspecified atom stereocenters. The summed E-state index contributed by atoms with van der Waals surface area (Å²) in [4.78, 5) is 18.1. The Morgan fingerprint density at radius 1 is 1.12 bits per heavy atom. The van der Waals surface area contributed by atoms with Gasteiger partial charge < -0.3 is 10.1 Å². The van der Waals surface area contributed by atoms with Crippen LogP contribution in [0.2, 0.25) is 0 Å². The molecule has 0 saturated heterocycles. The summed E-state index contributed by atoms with van der Waals surface area (Å²) in [6.45, 7) is 8.33. The third-order valence-electron chi connectivity index (χ3n) is 5.14. The fourth-order valence-corrected chi connectivity index (χ4v) is 4.42. The zero-order valence-electron chi connectivity index (χ0n) is 18.5. The maximum Gasteiger partial charge on any atom is 0.263 e. The highest BCUT2D eigenvalue weighted by molar-refractivity contribution is 7.17. The Morgan fingerprint density at radius 3 is 2.53 bits per heavy atom. The molecule has 8 heteroatoms. The molecule has 0 aliphatic rings. The number of rotatable bonds is 7. The quantitative estimate of drug-likeness (QED) is 0.436. The fourth-order valence-electron chi connectivity index (χ4n) is 3.42. The number of benzene rings is 2. The van der Waals surface area contributed by atoms with E-state index < -0.39 is 0 Å². The van der Waals surface area contributed by atoms with Crippen LogP contribution in [0.4, 0.5) is 0 Å². The van der Waals surface area contributed by atoms with Crippen molar-refractivity contribution < 1.29 is 9.53 Å². The van der Waals surface area contributed by atoms with E-state index in [-0.39, 0.29) is 11.9 Å². The van der Waals surface area contributed by atoms with Gasteiger partial charge in [-0.25, -0.2) is 9.67 Å². The highest BCUT2D eigenvalue weighted by Gasteiger charge is 2.22. The first-order valence-electron chi connectivity index (χ1n) is 10.5. The topological polar surface area (TPSA) is 81.9 Å². The summed E-state index contributed by atoms with van der Waals surface area (Å²) in [6.07, 6.45) is 0. The summed E-state index contributed by atoms with van der Waals surface area (Å²) in [5.74, 6) is 0.671. The Labute approximate surface area is 191 Å². The number of amides is 1. The summed E-state index contributed by atoms with van der Waals surface area (Å²) in [5.41, 5.74) is 4.14. The number of carbonyl (C=O) groups is 1. The summed E-state index contributed by atoms with van der Waals surface area (Å²) in [7, 11) is 0. The molecule has 4 aromatic rings. The molecule has 0 radical (unpaired) electrons. The SMILES string of the molecule is CCOc1ccc(-n2nnc(-c3nc(C)c(C(=O)N[C@H](C)c4ccccc4)s3)c2C)cc1. The molecular weight excluding hydrogens is 422 g/mol. The van der Waals surface area contributed by atoms with Crippen LogP contribution in [0.25, 0.3) is 16.4 Å². The van der Waals surface area contributed by atoms with Crippen molar-refractivity contribution in [2.45, 2.75) is 33.7 Å². The minimum Gasteiger partial charge on any atom is -0.494 e. The molecule has 1 amide bonds. The summed E-state index contributed by atoms with van der Waals surface area (Å²) in [6, 6.07) is 17.5. The normalized spacial score (nSPS) is 11.9. The summed E-state index contributed by atoms with van der Waals surface area (Å²) < 4.78 is 7.27. The first kappa shape index (κ1) is 21.7. The van der Waals surface area contributed by atoms with Crippen LogP contribution in [0.3, 0.4) is 0 Å². The van der Waals surface area contributed by atoms with Crippen LogP contribution < -0.4 is 10.1 Å². The molecule has 0 aliphatic carbocycles. The van der Waals surface area contributed by atoms with Gasteiger partial charge in [0, 0.05) is 0 Å². The monoisotopic (exact) mass is 447 g/mol. The van der Waals surface area contributed by atoms with E-state index in [1.807, 2.05) is 82.3 Å². The highest BCUT2D eigenvalue weighted by atomic mass is 32.1. The van der Waals surface area contributed by atoms with E-state index in [4.69, 9.17) is 4.74 Å². The predicted octanol–water partition coefficient (Wildman–Crippen LogP) is 4.90. The molecule has 2 heterocycles. The molecule has 0 saturated carbocycles.